The van der Waals surface area contributed by atoms with Crippen molar-refractivity contribution in [2.75, 3.05) is 13.1 Å². The van der Waals surface area contributed by atoms with E-state index in [1.807, 2.05) is 6.07 Å². The zero-order valence-corrected chi connectivity index (χ0v) is 21.7. The van der Waals surface area contributed by atoms with E-state index in [9.17, 15) is 0 Å². The highest BCUT2D eigenvalue weighted by Gasteiger charge is 2.34. The Morgan fingerprint density at radius 2 is 1.73 bits per heavy atom. The molecule has 1 saturated carbocycles. The highest BCUT2D eigenvalue weighted by Crippen LogP contribution is 2.40. The third kappa shape index (κ3) is 4.30. The second-order valence-corrected chi connectivity index (χ2v) is 10.3. The quantitative estimate of drug-likeness (QED) is 0.281. The van der Waals surface area contributed by atoms with Crippen molar-refractivity contribution in [1.82, 2.24) is 24.5 Å². The molecule has 1 aliphatic rings. The fourth-order valence-corrected chi connectivity index (χ4v) is 5.48. The minimum absolute atomic E-state index is 0.168. The minimum atomic E-state index is -0.168. The third-order valence-electron chi connectivity index (χ3n) is 7.86. The summed E-state index contributed by atoms with van der Waals surface area (Å²) in [6.07, 6.45) is 6.50. The minimum Gasteiger partial charge on any atom is -0.321 e. The molecule has 0 atom stereocenters. The number of fused-ring (bicyclic) bond motifs is 3. The first-order valence-corrected chi connectivity index (χ1v) is 13.4. The summed E-state index contributed by atoms with van der Waals surface area (Å²) in [4.78, 5) is 7.59. The first-order valence-electron chi connectivity index (χ1n) is 13.4. The summed E-state index contributed by atoms with van der Waals surface area (Å²) in [5, 5.41) is 10.2. The first kappa shape index (κ1) is 23.8. The van der Waals surface area contributed by atoms with Crippen LogP contribution in [0.2, 0.25) is 0 Å². The molecule has 0 radical (unpaired) electrons. The average molecular weight is 491 g/mol. The maximum atomic E-state index is 6.58. The fraction of sp³-hybridized carbons (Fsp3) is 0.323. The molecular weight excluding hydrogens is 456 g/mol. The first-order chi connectivity index (χ1) is 18.1. The molecule has 1 aliphatic carbocycles. The molecule has 6 heteroatoms. The molecule has 0 saturated heterocycles. The van der Waals surface area contributed by atoms with Crippen molar-refractivity contribution in [1.29, 1.82) is 0 Å². The van der Waals surface area contributed by atoms with E-state index in [4.69, 9.17) is 10.7 Å². The molecule has 6 rings (SSSR count). The van der Waals surface area contributed by atoms with E-state index < -0.39 is 0 Å². The predicted octanol–water partition coefficient (Wildman–Crippen LogP) is 6.18. The van der Waals surface area contributed by atoms with Gasteiger partial charge >= 0.3 is 0 Å². The second kappa shape index (κ2) is 9.69. The van der Waals surface area contributed by atoms with Gasteiger partial charge in [0.25, 0.3) is 0 Å². The molecule has 0 amide bonds. The van der Waals surface area contributed by atoms with E-state index in [2.05, 4.69) is 100 Å². The lowest BCUT2D eigenvalue weighted by Crippen LogP contribution is -2.43. The highest BCUT2D eigenvalue weighted by molar-refractivity contribution is 5.98. The summed E-state index contributed by atoms with van der Waals surface area (Å²) in [5.74, 6) is 0.958. The SMILES string of the molecule is CCCN(CC)Cc1nnc2c3cc(-c4ccccc4)c(-c4ccc(C5(N)CCC5)cc4)nc3ccn12. The van der Waals surface area contributed by atoms with Crippen LogP contribution < -0.4 is 5.73 Å². The van der Waals surface area contributed by atoms with Crippen molar-refractivity contribution in [3.05, 3.63) is 84.3 Å². The van der Waals surface area contributed by atoms with E-state index in [-0.39, 0.29) is 5.54 Å². The van der Waals surface area contributed by atoms with E-state index in [1.54, 1.807) is 0 Å². The molecule has 37 heavy (non-hydrogen) atoms. The van der Waals surface area contributed by atoms with Crippen LogP contribution in [-0.2, 0) is 12.1 Å². The van der Waals surface area contributed by atoms with E-state index in [0.717, 1.165) is 83.7 Å². The molecular formula is C31H34N6. The molecule has 3 aromatic heterocycles. The van der Waals surface area contributed by atoms with Crippen LogP contribution in [-0.4, -0.2) is 37.6 Å². The van der Waals surface area contributed by atoms with Crippen LogP contribution in [0.15, 0.2) is 72.9 Å². The number of benzene rings is 2. The third-order valence-corrected chi connectivity index (χ3v) is 7.86. The van der Waals surface area contributed by atoms with Gasteiger partial charge in [0.2, 0.25) is 0 Å². The topological polar surface area (TPSA) is 72.3 Å². The van der Waals surface area contributed by atoms with E-state index >= 15 is 0 Å². The number of pyridine rings is 2. The number of hydrogen-bond donors (Lipinski definition) is 1. The van der Waals surface area contributed by atoms with Gasteiger partial charge in [-0.05, 0) is 62.0 Å². The van der Waals surface area contributed by atoms with Gasteiger partial charge < -0.3 is 5.73 Å². The molecule has 6 nitrogen and oxygen atoms in total. The Morgan fingerprint density at radius 3 is 2.41 bits per heavy atom. The van der Waals surface area contributed by atoms with Gasteiger partial charge in [-0.3, -0.25) is 9.30 Å². The molecule has 0 aliphatic heterocycles. The van der Waals surface area contributed by atoms with Gasteiger partial charge in [0.15, 0.2) is 11.5 Å². The lowest BCUT2D eigenvalue weighted by atomic mass is 9.72. The van der Waals surface area contributed by atoms with Crippen molar-refractivity contribution in [2.24, 2.45) is 5.73 Å². The Bertz CT molecular complexity index is 1530. The van der Waals surface area contributed by atoms with Crippen molar-refractivity contribution >= 4 is 16.6 Å². The van der Waals surface area contributed by atoms with Gasteiger partial charge in [-0.15, -0.1) is 10.2 Å². The second-order valence-electron chi connectivity index (χ2n) is 10.3. The Morgan fingerprint density at radius 1 is 0.946 bits per heavy atom. The van der Waals surface area contributed by atoms with Gasteiger partial charge in [0, 0.05) is 28.2 Å². The molecule has 0 bridgehead atoms. The van der Waals surface area contributed by atoms with Gasteiger partial charge in [0.05, 0.1) is 17.8 Å². The average Bonchev–Trinajstić information content (AvgIpc) is 3.34. The smallest absolute Gasteiger partial charge is 0.170 e. The summed E-state index contributed by atoms with van der Waals surface area (Å²) in [6, 6.07) is 23.5. The standard InChI is InChI=1S/C31H34N6/c1-3-18-36(4-2)21-28-34-35-30-26-20-25(22-9-6-5-7-10-22)29(33-27(26)15-19-37(28)30)23-11-13-24(14-12-23)31(32)16-8-17-31/h5-7,9-15,19-20H,3-4,8,16-18,21,32H2,1-2H3. The van der Waals surface area contributed by atoms with Crippen LogP contribution in [0, 0.1) is 0 Å². The summed E-state index contributed by atoms with van der Waals surface area (Å²) in [6.45, 7) is 7.22. The number of hydrogen-bond acceptors (Lipinski definition) is 5. The Kier molecular flexibility index (Phi) is 6.22. The molecule has 0 unspecified atom stereocenters. The van der Waals surface area contributed by atoms with Crippen molar-refractivity contribution < 1.29 is 0 Å². The zero-order chi connectivity index (χ0) is 25.4. The van der Waals surface area contributed by atoms with Gasteiger partial charge in [-0.25, -0.2) is 4.98 Å². The lowest BCUT2D eigenvalue weighted by Gasteiger charge is -2.38. The number of aromatic nitrogens is 4. The number of nitrogens with two attached hydrogens (primary N) is 1. The molecule has 2 N–H and O–H groups in total. The molecule has 5 aromatic rings. The van der Waals surface area contributed by atoms with Crippen LogP contribution >= 0.6 is 0 Å². The fourth-order valence-electron chi connectivity index (χ4n) is 5.48. The molecule has 0 spiro atoms. The Balaban J connectivity index is 1.48. The molecule has 2 aromatic carbocycles. The largest absolute Gasteiger partial charge is 0.321 e. The maximum absolute atomic E-state index is 6.58. The van der Waals surface area contributed by atoms with Crippen molar-refractivity contribution in [3.63, 3.8) is 0 Å². The van der Waals surface area contributed by atoms with E-state index in [1.165, 1.54) is 12.0 Å². The van der Waals surface area contributed by atoms with Crippen LogP contribution in [0.3, 0.4) is 0 Å². The van der Waals surface area contributed by atoms with Crippen molar-refractivity contribution in [2.45, 2.75) is 51.6 Å². The molecule has 188 valence electrons. The summed E-state index contributed by atoms with van der Waals surface area (Å²) in [7, 11) is 0. The van der Waals surface area contributed by atoms with Gasteiger partial charge in [0.1, 0.15) is 0 Å². The molecule has 1 fully saturated rings. The summed E-state index contributed by atoms with van der Waals surface area (Å²) < 4.78 is 2.12. The zero-order valence-electron chi connectivity index (χ0n) is 21.7. The maximum Gasteiger partial charge on any atom is 0.170 e. The van der Waals surface area contributed by atoms with Crippen molar-refractivity contribution in [3.8, 4) is 22.4 Å². The van der Waals surface area contributed by atoms with Gasteiger partial charge in [-0.2, -0.15) is 0 Å². The Hall–Kier alpha value is -3.61. The number of rotatable bonds is 8. The van der Waals surface area contributed by atoms with E-state index in [0.29, 0.717) is 0 Å². The van der Waals surface area contributed by atoms with Crippen LogP contribution in [0.4, 0.5) is 0 Å². The number of nitrogens with zero attached hydrogens (tertiary/aromatic N) is 5. The lowest BCUT2D eigenvalue weighted by molar-refractivity contribution is 0.253. The van der Waals surface area contributed by atoms with Gasteiger partial charge in [-0.1, -0.05) is 68.4 Å². The highest BCUT2D eigenvalue weighted by atomic mass is 15.3. The monoisotopic (exact) mass is 490 g/mol. The van der Waals surface area contributed by atoms with Crippen LogP contribution in [0.5, 0.6) is 0 Å². The normalized spacial score (nSPS) is 14.9. The summed E-state index contributed by atoms with van der Waals surface area (Å²) in [5.41, 5.74) is 13.7. The summed E-state index contributed by atoms with van der Waals surface area (Å²) >= 11 is 0. The van der Waals surface area contributed by atoms with Crippen LogP contribution in [0.1, 0.15) is 50.9 Å². The molecule has 3 heterocycles. The Labute approximate surface area is 218 Å². The predicted molar refractivity (Wildman–Crippen MR) is 150 cm³/mol. The van der Waals surface area contributed by atoms with Crippen LogP contribution in [0.25, 0.3) is 38.9 Å².